The number of piperidine rings is 1. The van der Waals surface area contributed by atoms with Crippen LogP contribution in [-0.4, -0.2) is 72.2 Å². The lowest BCUT2D eigenvalue weighted by Gasteiger charge is -2.30. The van der Waals surface area contributed by atoms with Gasteiger partial charge in [-0.25, -0.2) is 4.98 Å². The summed E-state index contributed by atoms with van der Waals surface area (Å²) < 4.78 is 46.6. The lowest BCUT2D eigenvalue weighted by molar-refractivity contribution is -0.146. The maximum Gasteiger partial charge on any atom is 0.401 e. The third-order valence-corrected chi connectivity index (χ3v) is 8.59. The Kier molecular flexibility index (Phi) is 9.29. The molecule has 4 aromatic rings. The van der Waals surface area contributed by atoms with Crippen LogP contribution in [0.1, 0.15) is 52.6 Å². The van der Waals surface area contributed by atoms with E-state index in [2.05, 4.69) is 19.7 Å². The Bertz CT molecular complexity index is 1860. The normalized spacial score (nSPS) is 14.1. The number of hydrogen-bond donors (Lipinski definition) is 2. The molecule has 5 heterocycles. The van der Waals surface area contributed by atoms with Crippen LogP contribution in [0.15, 0.2) is 53.1 Å². The fraction of sp³-hybridized carbons (Fsp3) is 0.382. The van der Waals surface area contributed by atoms with Gasteiger partial charge in [-0.05, 0) is 80.6 Å². The molecule has 1 aliphatic heterocycles. The van der Waals surface area contributed by atoms with Gasteiger partial charge in [-0.2, -0.15) is 13.2 Å². The highest BCUT2D eigenvalue weighted by Crippen LogP contribution is 2.36. The highest BCUT2D eigenvalue weighted by Gasteiger charge is 2.32. The van der Waals surface area contributed by atoms with E-state index >= 15 is 0 Å². The van der Waals surface area contributed by atoms with Crippen LogP contribution in [0.4, 0.5) is 19.0 Å². The van der Waals surface area contributed by atoms with E-state index in [9.17, 15) is 22.8 Å². The Balaban J connectivity index is 1.59. The number of aromatic nitrogens is 3. The van der Waals surface area contributed by atoms with Gasteiger partial charge in [0, 0.05) is 56.4 Å². The number of pyridine rings is 3. The second-order valence-corrected chi connectivity index (χ2v) is 11.9. The average Bonchev–Trinajstić information content (AvgIpc) is 3.42. The van der Waals surface area contributed by atoms with E-state index in [4.69, 9.17) is 4.74 Å². The number of nitrogens with zero attached hydrogens (tertiary/aromatic N) is 4. The lowest BCUT2D eigenvalue weighted by Crippen LogP contribution is -2.38. The molecule has 0 bridgehead atoms. The Morgan fingerprint density at radius 3 is 2.50 bits per heavy atom. The third kappa shape index (κ3) is 6.81. The first-order valence-corrected chi connectivity index (χ1v) is 15.1. The number of alkyl halides is 3. The number of aryl methyl sites for hydroxylation is 1. The van der Waals surface area contributed by atoms with Crippen LogP contribution < -0.4 is 20.5 Å². The summed E-state index contributed by atoms with van der Waals surface area (Å²) >= 11 is 0. The van der Waals surface area contributed by atoms with Crippen LogP contribution in [0.5, 0.6) is 5.75 Å². The van der Waals surface area contributed by atoms with Gasteiger partial charge in [0.2, 0.25) is 0 Å². The highest BCUT2D eigenvalue weighted by molar-refractivity contribution is 6.00. The molecule has 2 N–H and O–H groups in total. The monoisotopic (exact) mass is 636 g/mol. The molecule has 1 aliphatic rings. The maximum atomic E-state index is 13.9. The molecule has 1 amide bonds. The SMILES string of the molecule is COc1cc(C)[nH]c(=O)c1CNC(=O)c1cc2c(-c3ccnc(N(C)C)c3)ccn2c(C(C)=C2CCN(CC(F)(F)F)CC2)c1C. The van der Waals surface area contributed by atoms with E-state index in [1.54, 1.807) is 19.2 Å². The number of aromatic amines is 1. The summed E-state index contributed by atoms with van der Waals surface area (Å²) in [6.45, 7) is 5.26. The molecule has 5 rings (SSSR count). The van der Waals surface area contributed by atoms with Crippen molar-refractivity contribution in [3.63, 3.8) is 0 Å². The Hall–Kier alpha value is -4.58. The zero-order valence-electron chi connectivity index (χ0n) is 26.9. The molecule has 9 nitrogen and oxygen atoms in total. The number of fused-ring (bicyclic) bond motifs is 1. The van der Waals surface area contributed by atoms with E-state index in [0.29, 0.717) is 48.5 Å². The number of carbonyl (C=O) groups is 1. The number of halogens is 3. The molecule has 12 heteroatoms. The van der Waals surface area contributed by atoms with E-state index in [-0.39, 0.29) is 18.0 Å². The van der Waals surface area contributed by atoms with Crippen LogP contribution in [0, 0.1) is 13.8 Å². The second kappa shape index (κ2) is 13.0. The lowest BCUT2D eigenvalue weighted by atomic mass is 9.92. The average molecular weight is 637 g/mol. The van der Waals surface area contributed by atoms with Crippen molar-refractivity contribution in [2.45, 2.75) is 46.3 Å². The molecule has 244 valence electrons. The minimum atomic E-state index is -4.24. The number of ether oxygens (including phenoxy) is 1. The minimum absolute atomic E-state index is 0.0445. The van der Waals surface area contributed by atoms with Crippen LogP contribution >= 0.6 is 0 Å². The van der Waals surface area contributed by atoms with E-state index in [1.807, 2.05) is 63.3 Å². The zero-order valence-corrected chi connectivity index (χ0v) is 26.9. The van der Waals surface area contributed by atoms with Gasteiger partial charge in [-0.3, -0.25) is 14.5 Å². The largest absolute Gasteiger partial charge is 0.496 e. The van der Waals surface area contributed by atoms with Gasteiger partial charge in [0.05, 0.1) is 37.0 Å². The van der Waals surface area contributed by atoms with E-state index in [1.165, 1.54) is 12.0 Å². The smallest absolute Gasteiger partial charge is 0.401 e. The number of methoxy groups -OCH3 is 1. The summed E-state index contributed by atoms with van der Waals surface area (Å²) in [5.41, 5.74) is 7.19. The first-order valence-electron chi connectivity index (χ1n) is 15.1. The van der Waals surface area contributed by atoms with Crippen molar-refractivity contribution in [2.75, 3.05) is 45.7 Å². The first-order chi connectivity index (χ1) is 21.8. The zero-order chi connectivity index (χ0) is 33.3. The number of H-pyrrole nitrogens is 1. The Morgan fingerprint density at radius 2 is 1.85 bits per heavy atom. The summed E-state index contributed by atoms with van der Waals surface area (Å²) in [7, 11) is 5.30. The van der Waals surface area contributed by atoms with Crippen LogP contribution in [0.3, 0.4) is 0 Å². The number of allylic oxidation sites excluding steroid dienone is 1. The summed E-state index contributed by atoms with van der Waals surface area (Å²) in [5.74, 6) is 0.801. The number of hydrogen-bond acceptors (Lipinski definition) is 6. The van der Waals surface area contributed by atoms with E-state index in [0.717, 1.165) is 44.9 Å². The summed E-state index contributed by atoms with van der Waals surface area (Å²) in [6.07, 6.45) is 0.463. The van der Waals surface area contributed by atoms with Gasteiger partial charge in [-0.1, -0.05) is 5.57 Å². The van der Waals surface area contributed by atoms with Crippen molar-refractivity contribution >= 4 is 22.8 Å². The second-order valence-electron chi connectivity index (χ2n) is 11.9. The molecule has 1 saturated heterocycles. The molecule has 0 atom stereocenters. The van der Waals surface area contributed by atoms with Gasteiger partial charge in [0.1, 0.15) is 11.6 Å². The van der Waals surface area contributed by atoms with E-state index < -0.39 is 12.7 Å². The first kappa shape index (κ1) is 32.8. The van der Waals surface area contributed by atoms with Crippen molar-refractivity contribution < 1.29 is 22.7 Å². The molecule has 0 aromatic carbocycles. The fourth-order valence-electron chi connectivity index (χ4n) is 6.19. The van der Waals surface area contributed by atoms with Crippen molar-refractivity contribution in [3.8, 4) is 16.9 Å². The van der Waals surface area contributed by atoms with Crippen LogP contribution in [-0.2, 0) is 6.54 Å². The quantitative estimate of drug-likeness (QED) is 0.256. The van der Waals surface area contributed by atoms with Crippen molar-refractivity contribution in [1.29, 1.82) is 0 Å². The summed E-state index contributed by atoms with van der Waals surface area (Å²) in [6, 6.07) is 9.44. The minimum Gasteiger partial charge on any atom is -0.496 e. The van der Waals surface area contributed by atoms with Gasteiger partial charge >= 0.3 is 6.18 Å². The molecular formula is C34H39F3N6O3. The molecule has 0 spiro atoms. The van der Waals surface area contributed by atoms with Crippen molar-refractivity contribution in [2.24, 2.45) is 0 Å². The molecule has 4 aromatic heterocycles. The number of likely N-dealkylation sites (tertiary alicyclic amines) is 1. The number of rotatable bonds is 8. The predicted octanol–water partition coefficient (Wildman–Crippen LogP) is 5.74. The Morgan fingerprint density at radius 1 is 1.13 bits per heavy atom. The summed E-state index contributed by atoms with van der Waals surface area (Å²) in [4.78, 5) is 37.1. The molecule has 0 unspecified atom stereocenters. The number of anilines is 1. The molecular weight excluding hydrogens is 597 g/mol. The number of nitrogens with one attached hydrogen (secondary N) is 2. The van der Waals surface area contributed by atoms with Gasteiger partial charge < -0.3 is 24.3 Å². The van der Waals surface area contributed by atoms with Crippen molar-refractivity contribution in [3.05, 3.63) is 86.7 Å². The predicted molar refractivity (Wildman–Crippen MR) is 174 cm³/mol. The molecule has 1 fully saturated rings. The molecule has 0 saturated carbocycles. The molecule has 46 heavy (non-hydrogen) atoms. The molecule has 0 radical (unpaired) electrons. The topological polar surface area (TPSA) is 95.0 Å². The molecule has 0 aliphatic carbocycles. The van der Waals surface area contributed by atoms with Gasteiger partial charge in [-0.15, -0.1) is 0 Å². The third-order valence-electron chi connectivity index (χ3n) is 8.59. The maximum absolute atomic E-state index is 13.9. The standard InChI is InChI=1S/C34H39F3N6O3/c1-20-15-29(46-6)27(33(45)40-20)18-39-32(44)26-17-28-25(24-7-11-38-30(16-24)41(4)5)10-14-43(28)31(22(26)3)21(2)23-8-12-42(13-9-23)19-34(35,36)37/h7,10-11,14-17H,8-9,12-13,18-19H2,1-6H3,(H,39,44)(H,40,45). The number of amides is 1. The summed E-state index contributed by atoms with van der Waals surface area (Å²) in [5, 5.41) is 2.91. The number of carbonyl (C=O) groups excluding carboxylic acids is 1. The fourth-order valence-corrected chi connectivity index (χ4v) is 6.19. The van der Waals surface area contributed by atoms with Crippen LogP contribution in [0.25, 0.3) is 22.2 Å². The van der Waals surface area contributed by atoms with Gasteiger partial charge in [0.15, 0.2) is 0 Å². The van der Waals surface area contributed by atoms with Crippen molar-refractivity contribution in [1.82, 2.24) is 24.6 Å². The highest BCUT2D eigenvalue weighted by atomic mass is 19.4. The van der Waals surface area contributed by atoms with Crippen LogP contribution in [0.2, 0.25) is 0 Å². The Labute approximate surface area is 265 Å². The van der Waals surface area contributed by atoms with Gasteiger partial charge in [0.25, 0.3) is 11.5 Å².